The number of aryl methyl sites for hydroxylation is 1. The van der Waals surface area contributed by atoms with Crippen LogP contribution in [0, 0.1) is 0 Å². The first kappa shape index (κ1) is 28.6. The molecule has 0 N–H and O–H groups in total. The normalized spacial score (nSPS) is 17.4. The van der Waals surface area contributed by atoms with Gasteiger partial charge in [-0.1, -0.05) is 39.0 Å². The maximum absolute atomic E-state index is 12.7. The number of rotatable bonds is 13. The predicted octanol–water partition coefficient (Wildman–Crippen LogP) is 3.46. The molecule has 0 bridgehead atoms. The molecule has 0 atom stereocenters. The Morgan fingerprint density at radius 3 is 2.50 bits per heavy atom. The van der Waals surface area contributed by atoms with Crippen molar-refractivity contribution < 1.29 is 19.1 Å². The number of halogens is 1. The summed E-state index contributed by atoms with van der Waals surface area (Å²) in [6.45, 7) is 8.12. The van der Waals surface area contributed by atoms with Crippen LogP contribution in [0.1, 0.15) is 70.5 Å². The third-order valence-corrected chi connectivity index (χ3v) is 6.80. The van der Waals surface area contributed by atoms with E-state index in [1.807, 2.05) is 9.47 Å². The Labute approximate surface area is 210 Å². The van der Waals surface area contributed by atoms with Crippen LogP contribution in [0.3, 0.4) is 0 Å². The summed E-state index contributed by atoms with van der Waals surface area (Å²) in [6, 6.07) is 0.569. The van der Waals surface area contributed by atoms with E-state index in [2.05, 4.69) is 16.8 Å². The number of nitrogens with zero attached hydrogens (tertiary/aromatic N) is 4. The number of unbranched alkanes of at least 4 members (excludes halogenated alkanes) is 5. The maximum atomic E-state index is 12.7. The van der Waals surface area contributed by atoms with E-state index in [9.17, 15) is 9.59 Å². The van der Waals surface area contributed by atoms with E-state index >= 15 is 0 Å². The fourth-order valence-corrected chi connectivity index (χ4v) is 4.77. The van der Waals surface area contributed by atoms with Crippen LogP contribution in [-0.4, -0.2) is 83.3 Å². The SMILES string of the molecule is CCCCCCCCOC(=O)Cn1ccnc1CCC(=O)N1CCC(N2CCOCC2)CC1.Cl. The maximum Gasteiger partial charge on any atom is 0.325 e. The fourth-order valence-electron chi connectivity index (χ4n) is 4.77. The fraction of sp³-hybridized carbons (Fsp3) is 0.800. The lowest BCUT2D eigenvalue weighted by molar-refractivity contribution is -0.144. The van der Waals surface area contributed by atoms with Gasteiger partial charge >= 0.3 is 5.97 Å². The van der Waals surface area contributed by atoms with Crippen LogP contribution in [0.5, 0.6) is 0 Å². The number of amides is 1. The topological polar surface area (TPSA) is 76.9 Å². The van der Waals surface area contributed by atoms with Gasteiger partial charge in [0.1, 0.15) is 12.4 Å². The molecule has 2 aliphatic rings. The van der Waals surface area contributed by atoms with E-state index in [1.54, 1.807) is 12.4 Å². The highest BCUT2D eigenvalue weighted by atomic mass is 35.5. The molecule has 1 aromatic rings. The molecule has 1 amide bonds. The molecule has 0 saturated carbocycles. The molecular formula is C25H43ClN4O4. The summed E-state index contributed by atoms with van der Waals surface area (Å²) in [5.41, 5.74) is 0. The molecule has 0 radical (unpaired) electrons. The standard InChI is InChI=1S/C25H42N4O4.ClH/c1-2-3-4-5-6-7-18-33-25(31)21-29-15-12-26-23(29)8-9-24(30)28-13-10-22(11-14-28)27-16-19-32-20-17-27;/h12,15,22H,2-11,13-14,16-21H2,1H3;1H. The number of hydrogen-bond donors (Lipinski definition) is 0. The smallest absolute Gasteiger partial charge is 0.325 e. The van der Waals surface area contributed by atoms with Crippen LogP contribution in [0.25, 0.3) is 0 Å². The Bertz CT molecular complexity index is 716. The van der Waals surface area contributed by atoms with Crippen LogP contribution in [0.2, 0.25) is 0 Å². The van der Waals surface area contributed by atoms with Gasteiger partial charge in [-0.25, -0.2) is 4.98 Å². The second-order valence-corrected chi connectivity index (χ2v) is 9.22. The average molecular weight is 499 g/mol. The molecule has 2 aliphatic heterocycles. The zero-order chi connectivity index (χ0) is 23.3. The van der Waals surface area contributed by atoms with Crippen molar-refractivity contribution in [2.45, 2.75) is 83.7 Å². The lowest BCUT2D eigenvalue weighted by atomic mass is 10.0. The van der Waals surface area contributed by atoms with Gasteiger partial charge in [-0.3, -0.25) is 14.5 Å². The Kier molecular flexibility index (Phi) is 13.5. The van der Waals surface area contributed by atoms with Crippen LogP contribution < -0.4 is 0 Å². The highest BCUT2D eigenvalue weighted by Gasteiger charge is 2.27. The van der Waals surface area contributed by atoms with Gasteiger partial charge in [0.05, 0.1) is 19.8 Å². The minimum atomic E-state index is -0.237. The first-order valence-corrected chi connectivity index (χ1v) is 12.9. The molecule has 9 heteroatoms. The van der Waals surface area contributed by atoms with E-state index in [1.165, 1.54) is 25.7 Å². The summed E-state index contributed by atoms with van der Waals surface area (Å²) < 4.78 is 12.6. The Hall–Kier alpha value is -1.64. The molecule has 2 saturated heterocycles. The molecule has 2 fully saturated rings. The van der Waals surface area contributed by atoms with Crippen LogP contribution >= 0.6 is 12.4 Å². The number of morpholine rings is 1. The van der Waals surface area contributed by atoms with Gasteiger partial charge in [0.25, 0.3) is 0 Å². The molecule has 8 nitrogen and oxygen atoms in total. The second-order valence-electron chi connectivity index (χ2n) is 9.22. The van der Waals surface area contributed by atoms with Crippen molar-refractivity contribution in [1.29, 1.82) is 0 Å². The van der Waals surface area contributed by atoms with Crippen molar-refractivity contribution in [2.75, 3.05) is 46.0 Å². The van der Waals surface area contributed by atoms with Gasteiger partial charge in [-0.05, 0) is 19.3 Å². The number of esters is 1. The van der Waals surface area contributed by atoms with Crippen molar-refractivity contribution in [3.05, 3.63) is 18.2 Å². The zero-order valence-corrected chi connectivity index (χ0v) is 21.6. The minimum Gasteiger partial charge on any atom is -0.464 e. The highest BCUT2D eigenvalue weighted by Crippen LogP contribution is 2.19. The van der Waals surface area contributed by atoms with E-state index in [4.69, 9.17) is 9.47 Å². The number of ether oxygens (including phenoxy) is 2. The van der Waals surface area contributed by atoms with Crippen molar-refractivity contribution in [1.82, 2.24) is 19.4 Å². The van der Waals surface area contributed by atoms with Crippen LogP contribution in [0.4, 0.5) is 0 Å². The summed E-state index contributed by atoms with van der Waals surface area (Å²) in [5, 5.41) is 0. The first-order valence-electron chi connectivity index (χ1n) is 12.9. The van der Waals surface area contributed by atoms with Crippen molar-refractivity contribution >= 4 is 24.3 Å². The number of hydrogen-bond acceptors (Lipinski definition) is 6. The van der Waals surface area contributed by atoms with Gasteiger partial charge in [0.2, 0.25) is 5.91 Å². The lowest BCUT2D eigenvalue weighted by Gasteiger charge is -2.40. The van der Waals surface area contributed by atoms with Crippen molar-refractivity contribution in [3.63, 3.8) is 0 Å². The largest absolute Gasteiger partial charge is 0.464 e. The molecule has 0 aromatic carbocycles. The lowest BCUT2D eigenvalue weighted by Crippen LogP contribution is -2.50. The van der Waals surface area contributed by atoms with Crippen molar-refractivity contribution in [3.8, 4) is 0 Å². The van der Waals surface area contributed by atoms with Gasteiger partial charge in [-0.15, -0.1) is 12.4 Å². The summed E-state index contributed by atoms with van der Waals surface area (Å²) >= 11 is 0. The first-order chi connectivity index (χ1) is 16.2. The average Bonchev–Trinajstić information content (AvgIpc) is 3.29. The van der Waals surface area contributed by atoms with E-state index in [0.717, 1.165) is 70.9 Å². The van der Waals surface area contributed by atoms with E-state index in [-0.39, 0.29) is 30.8 Å². The van der Waals surface area contributed by atoms with Gasteiger partial charge in [-0.2, -0.15) is 0 Å². The van der Waals surface area contributed by atoms with E-state index < -0.39 is 0 Å². The number of piperidine rings is 1. The third-order valence-electron chi connectivity index (χ3n) is 6.80. The Morgan fingerprint density at radius 1 is 1.06 bits per heavy atom. The zero-order valence-electron chi connectivity index (χ0n) is 20.8. The van der Waals surface area contributed by atoms with Gasteiger partial charge < -0.3 is 18.9 Å². The second kappa shape index (κ2) is 16.1. The molecular weight excluding hydrogens is 456 g/mol. The number of likely N-dealkylation sites (tertiary alicyclic amines) is 1. The summed E-state index contributed by atoms with van der Waals surface area (Å²) in [4.78, 5) is 33.8. The number of imidazole rings is 1. The summed E-state index contributed by atoms with van der Waals surface area (Å²) in [5.74, 6) is 0.706. The molecule has 3 rings (SSSR count). The van der Waals surface area contributed by atoms with Gasteiger partial charge in [0, 0.05) is 57.5 Å². The molecule has 3 heterocycles. The molecule has 0 spiro atoms. The number of aromatic nitrogens is 2. The van der Waals surface area contributed by atoms with Crippen LogP contribution in [-0.2, 0) is 32.0 Å². The monoisotopic (exact) mass is 498 g/mol. The number of carbonyl (C=O) groups is 2. The van der Waals surface area contributed by atoms with Crippen LogP contribution in [0.15, 0.2) is 12.4 Å². The van der Waals surface area contributed by atoms with Crippen molar-refractivity contribution in [2.24, 2.45) is 0 Å². The third kappa shape index (κ3) is 9.55. The summed E-state index contributed by atoms with van der Waals surface area (Å²) in [6.07, 6.45) is 13.5. The number of carbonyl (C=O) groups excluding carboxylic acids is 2. The molecule has 0 aliphatic carbocycles. The minimum absolute atomic E-state index is 0. The quantitative estimate of drug-likeness (QED) is 0.306. The molecule has 0 unspecified atom stereocenters. The molecule has 194 valence electrons. The molecule has 34 heavy (non-hydrogen) atoms. The predicted molar refractivity (Wildman–Crippen MR) is 134 cm³/mol. The Balaban J connectivity index is 0.00000408. The Morgan fingerprint density at radius 2 is 1.76 bits per heavy atom. The highest BCUT2D eigenvalue weighted by molar-refractivity contribution is 5.85. The summed E-state index contributed by atoms with van der Waals surface area (Å²) in [7, 11) is 0. The van der Waals surface area contributed by atoms with E-state index in [0.29, 0.717) is 25.5 Å². The molecule has 1 aromatic heterocycles. The van der Waals surface area contributed by atoms with Gasteiger partial charge in [0.15, 0.2) is 0 Å².